The molecule has 0 spiro atoms. The van der Waals surface area contributed by atoms with Crippen LogP contribution in [-0.2, 0) is 11.3 Å². The highest BCUT2D eigenvalue weighted by Gasteiger charge is 2.18. The molecule has 38 heavy (non-hydrogen) atoms. The lowest BCUT2D eigenvalue weighted by atomic mass is 10.0. The van der Waals surface area contributed by atoms with Crippen LogP contribution in [0.1, 0.15) is 5.56 Å². The maximum Gasteiger partial charge on any atom is 0.181 e. The van der Waals surface area contributed by atoms with Crippen molar-refractivity contribution < 1.29 is 9.13 Å². The molecule has 0 atom stereocenters. The smallest absolute Gasteiger partial charge is 0.181 e. The first-order valence-electron chi connectivity index (χ1n) is 12.4. The third-order valence-corrected chi connectivity index (χ3v) is 6.81. The minimum Gasteiger partial charge on any atom is -0.379 e. The number of aromatic amines is 2. The summed E-state index contributed by atoms with van der Waals surface area (Å²) in [6.45, 7) is 3.73. The molecular formula is C28H23FN8O. The molecule has 188 valence electrons. The molecular weight excluding hydrogens is 483 g/mol. The molecule has 0 unspecified atom stereocenters. The van der Waals surface area contributed by atoms with Crippen LogP contribution in [0.5, 0.6) is 0 Å². The Morgan fingerprint density at radius 1 is 0.947 bits per heavy atom. The number of imidazole rings is 1. The van der Waals surface area contributed by atoms with Crippen LogP contribution in [-0.4, -0.2) is 66.3 Å². The summed E-state index contributed by atoms with van der Waals surface area (Å²) in [5.74, 6) is 0.318. The van der Waals surface area contributed by atoms with Gasteiger partial charge in [0.05, 0.1) is 35.8 Å². The zero-order valence-corrected chi connectivity index (χ0v) is 20.4. The Hall–Kier alpha value is -4.54. The van der Waals surface area contributed by atoms with E-state index in [2.05, 4.69) is 35.0 Å². The molecule has 0 saturated carbocycles. The first-order valence-corrected chi connectivity index (χ1v) is 12.4. The molecule has 1 aliphatic rings. The van der Waals surface area contributed by atoms with Crippen LogP contribution in [0, 0.1) is 5.82 Å². The third-order valence-electron chi connectivity index (χ3n) is 6.81. The fourth-order valence-electron chi connectivity index (χ4n) is 4.95. The van der Waals surface area contributed by atoms with Crippen LogP contribution in [0.2, 0.25) is 0 Å². The van der Waals surface area contributed by atoms with Crippen molar-refractivity contribution in [1.29, 1.82) is 0 Å². The van der Waals surface area contributed by atoms with Crippen LogP contribution in [0.4, 0.5) is 4.39 Å². The van der Waals surface area contributed by atoms with Crippen molar-refractivity contribution in [3.05, 3.63) is 78.8 Å². The number of halogens is 1. The topological polar surface area (TPSA) is 108 Å². The quantitative estimate of drug-likeness (QED) is 0.352. The largest absolute Gasteiger partial charge is 0.379 e. The van der Waals surface area contributed by atoms with Crippen molar-refractivity contribution in [3.8, 4) is 33.8 Å². The lowest BCUT2D eigenvalue weighted by Crippen LogP contribution is -2.35. The van der Waals surface area contributed by atoms with Crippen molar-refractivity contribution in [1.82, 2.24) is 40.0 Å². The van der Waals surface area contributed by atoms with Gasteiger partial charge >= 0.3 is 0 Å². The van der Waals surface area contributed by atoms with Crippen LogP contribution >= 0.6 is 0 Å². The first kappa shape index (κ1) is 22.6. The number of ether oxygens (including phenoxy) is 1. The summed E-state index contributed by atoms with van der Waals surface area (Å²) in [5.41, 5.74) is 7.04. The summed E-state index contributed by atoms with van der Waals surface area (Å²) in [6.07, 6.45) is 8.77. The number of rotatable bonds is 5. The molecule has 1 aliphatic heterocycles. The van der Waals surface area contributed by atoms with Gasteiger partial charge in [-0.1, -0.05) is 6.07 Å². The zero-order chi connectivity index (χ0) is 25.5. The van der Waals surface area contributed by atoms with Crippen molar-refractivity contribution >= 4 is 22.1 Å². The number of hydrogen-bond acceptors (Lipinski definition) is 7. The van der Waals surface area contributed by atoms with Gasteiger partial charge in [0.2, 0.25) is 0 Å². The van der Waals surface area contributed by atoms with Crippen molar-refractivity contribution in [2.24, 2.45) is 0 Å². The summed E-state index contributed by atoms with van der Waals surface area (Å²) < 4.78 is 20.2. The second-order valence-electron chi connectivity index (χ2n) is 9.34. The molecule has 1 saturated heterocycles. The van der Waals surface area contributed by atoms with E-state index in [4.69, 9.17) is 9.72 Å². The molecule has 0 amide bonds. The predicted molar refractivity (Wildman–Crippen MR) is 141 cm³/mol. The summed E-state index contributed by atoms with van der Waals surface area (Å²) in [6, 6.07) is 11.0. The minimum atomic E-state index is -0.285. The molecule has 5 aromatic heterocycles. The number of fused-ring (bicyclic) bond motifs is 2. The Labute approximate surface area is 216 Å². The average Bonchev–Trinajstić information content (AvgIpc) is 3.57. The highest BCUT2D eigenvalue weighted by Crippen LogP contribution is 2.32. The number of benzene rings is 1. The van der Waals surface area contributed by atoms with Crippen LogP contribution in [0.25, 0.3) is 55.8 Å². The second-order valence-corrected chi connectivity index (χ2v) is 9.34. The van der Waals surface area contributed by atoms with Gasteiger partial charge in [0.1, 0.15) is 11.5 Å². The van der Waals surface area contributed by atoms with E-state index in [1.54, 1.807) is 37.1 Å². The number of nitrogens with zero attached hydrogens (tertiary/aromatic N) is 6. The average molecular weight is 507 g/mol. The molecule has 0 aliphatic carbocycles. The molecule has 2 N–H and O–H groups in total. The van der Waals surface area contributed by atoms with Gasteiger partial charge in [-0.3, -0.25) is 20.0 Å². The summed E-state index contributed by atoms with van der Waals surface area (Å²) >= 11 is 0. The number of hydrogen-bond donors (Lipinski definition) is 2. The Morgan fingerprint density at radius 2 is 1.87 bits per heavy atom. The van der Waals surface area contributed by atoms with E-state index >= 15 is 0 Å². The van der Waals surface area contributed by atoms with E-state index in [-0.39, 0.29) is 5.82 Å². The molecule has 0 bridgehead atoms. The van der Waals surface area contributed by atoms with Gasteiger partial charge in [-0.15, -0.1) is 0 Å². The van der Waals surface area contributed by atoms with Crippen LogP contribution in [0.15, 0.2) is 67.4 Å². The van der Waals surface area contributed by atoms with Gasteiger partial charge in [-0.25, -0.2) is 14.4 Å². The Kier molecular flexibility index (Phi) is 5.60. The fourth-order valence-corrected chi connectivity index (χ4v) is 4.95. The van der Waals surface area contributed by atoms with Gasteiger partial charge in [0.15, 0.2) is 11.5 Å². The van der Waals surface area contributed by atoms with Crippen molar-refractivity contribution in [2.45, 2.75) is 6.54 Å². The normalized spacial score (nSPS) is 14.4. The third kappa shape index (κ3) is 4.19. The van der Waals surface area contributed by atoms with E-state index in [0.717, 1.165) is 51.8 Å². The molecule has 6 heterocycles. The van der Waals surface area contributed by atoms with Crippen molar-refractivity contribution in [3.63, 3.8) is 0 Å². The highest BCUT2D eigenvalue weighted by molar-refractivity contribution is 5.96. The molecule has 1 fully saturated rings. The summed E-state index contributed by atoms with van der Waals surface area (Å²) in [4.78, 5) is 23.7. The Morgan fingerprint density at radius 3 is 2.74 bits per heavy atom. The number of aromatic nitrogens is 7. The molecule has 7 rings (SSSR count). The Balaban J connectivity index is 1.29. The SMILES string of the molecule is Fc1cc(CN2CCOCC2)cc(-c2cncc3[nH]c(-c4[nH]nc5ncc(-c6cccnc6)cc45)nc23)c1. The second kappa shape index (κ2) is 9.40. The maximum absolute atomic E-state index is 14.7. The summed E-state index contributed by atoms with van der Waals surface area (Å²) in [5, 5.41) is 8.28. The first-order chi connectivity index (χ1) is 18.7. The fraction of sp³-hybridized carbons (Fsp3) is 0.179. The van der Waals surface area contributed by atoms with Gasteiger partial charge in [-0.2, -0.15) is 5.10 Å². The maximum atomic E-state index is 14.7. The van der Waals surface area contributed by atoms with Gasteiger partial charge in [0.25, 0.3) is 0 Å². The van der Waals surface area contributed by atoms with E-state index in [1.165, 1.54) is 6.07 Å². The standard InChI is InChI=1S/C28H23FN8O/c29-21-9-17(16-37-4-6-38-7-5-37)8-19(10-21)23-14-31-15-24-25(23)34-28(33-24)26-22-11-20(13-32-27(22)36-35-26)18-2-1-3-30-12-18/h1-3,8-15H,4-7,16H2,(H,33,34)(H,32,35,36). The molecule has 6 aromatic rings. The monoisotopic (exact) mass is 506 g/mol. The number of morpholine rings is 1. The van der Waals surface area contributed by atoms with Gasteiger partial charge in [-0.05, 0) is 41.5 Å². The molecule has 10 heteroatoms. The van der Waals surface area contributed by atoms with E-state index < -0.39 is 0 Å². The van der Waals surface area contributed by atoms with E-state index in [0.29, 0.717) is 42.4 Å². The predicted octanol–water partition coefficient (Wildman–Crippen LogP) is 4.60. The zero-order valence-electron chi connectivity index (χ0n) is 20.4. The van der Waals surface area contributed by atoms with Gasteiger partial charge < -0.3 is 9.72 Å². The minimum absolute atomic E-state index is 0.285. The highest BCUT2D eigenvalue weighted by atomic mass is 19.1. The lowest BCUT2D eigenvalue weighted by Gasteiger charge is -2.26. The van der Waals surface area contributed by atoms with E-state index in [1.807, 2.05) is 24.3 Å². The van der Waals surface area contributed by atoms with E-state index in [9.17, 15) is 4.39 Å². The number of pyridine rings is 3. The van der Waals surface area contributed by atoms with Crippen LogP contribution < -0.4 is 0 Å². The summed E-state index contributed by atoms with van der Waals surface area (Å²) in [7, 11) is 0. The van der Waals surface area contributed by atoms with Gasteiger partial charge in [0, 0.05) is 61.1 Å². The van der Waals surface area contributed by atoms with Crippen molar-refractivity contribution in [2.75, 3.05) is 26.3 Å². The number of nitrogens with one attached hydrogen (secondary N) is 2. The molecule has 9 nitrogen and oxygen atoms in total. The molecule has 0 radical (unpaired) electrons. The molecule has 1 aromatic carbocycles. The van der Waals surface area contributed by atoms with Crippen LogP contribution in [0.3, 0.4) is 0 Å². The Bertz CT molecular complexity index is 1760. The lowest BCUT2D eigenvalue weighted by molar-refractivity contribution is 0.0341. The number of H-pyrrole nitrogens is 2.